The van der Waals surface area contributed by atoms with Crippen LogP contribution in [0.2, 0.25) is 39.3 Å². The molecule has 0 radical (unpaired) electrons. The summed E-state index contributed by atoms with van der Waals surface area (Å²) in [6.07, 6.45) is 0. The van der Waals surface area contributed by atoms with Gasteiger partial charge in [-0.1, -0.05) is 72.2 Å². The minimum Gasteiger partial charge on any atom is -0.192 e. The van der Waals surface area contributed by atoms with E-state index in [4.69, 9.17) is 0 Å². The number of hydrogen-bond acceptors (Lipinski definition) is 1. The lowest BCUT2D eigenvalue weighted by Gasteiger charge is -2.30. The van der Waals surface area contributed by atoms with Crippen LogP contribution >= 0.6 is 0 Å². The summed E-state index contributed by atoms with van der Waals surface area (Å²) in [5.41, 5.74) is 2.50. The molecular weight excluding hydrogens is 274 g/mol. The lowest BCUT2D eigenvalue weighted by atomic mass is 9.86. The fourth-order valence-electron chi connectivity index (χ4n) is 2.38. The van der Waals surface area contributed by atoms with Gasteiger partial charge < -0.3 is 0 Å². The van der Waals surface area contributed by atoms with E-state index in [0.29, 0.717) is 0 Å². The zero-order valence-corrected chi connectivity index (χ0v) is 16.6. The van der Waals surface area contributed by atoms with Crippen LogP contribution in [0.5, 0.6) is 0 Å². The maximum Gasteiger partial charge on any atom is 0.0989 e. The second kappa shape index (κ2) is 5.16. The zero-order valence-electron chi connectivity index (χ0n) is 14.6. The predicted octanol–water partition coefficient (Wildman–Crippen LogP) is 3.95. The number of hydrogen-bond donors (Lipinski definition) is 0. The Labute approximate surface area is 127 Å². The molecule has 0 aromatic heterocycles. The van der Waals surface area contributed by atoms with Crippen LogP contribution in [0.25, 0.3) is 0 Å². The predicted molar refractivity (Wildman–Crippen MR) is 95.8 cm³/mol. The largest absolute Gasteiger partial charge is 0.192 e. The Hall–Kier alpha value is -0.856. The quantitative estimate of drug-likeness (QED) is 0.759. The van der Waals surface area contributed by atoms with Crippen LogP contribution < -0.4 is 10.4 Å². The first-order valence-electron chi connectivity index (χ1n) is 7.38. The van der Waals surface area contributed by atoms with Gasteiger partial charge in [0.2, 0.25) is 0 Å². The molecule has 0 aliphatic carbocycles. The second-order valence-corrected chi connectivity index (χ2v) is 18.9. The third-order valence-electron chi connectivity index (χ3n) is 3.73. The molecule has 0 unspecified atom stereocenters. The molecule has 0 aliphatic heterocycles. The number of benzene rings is 1. The molecule has 0 atom stereocenters. The molecule has 0 fully saturated rings. The zero-order chi connectivity index (χ0) is 15.9. The average molecular weight is 304 g/mol. The molecule has 1 aromatic rings. The molecule has 0 saturated heterocycles. The number of nitriles is 1. The monoisotopic (exact) mass is 303 g/mol. The molecule has 1 nitrogen and oxygen atoms in total. The molecule has 1 rings (SSSR count). The molecule has 0 N–H and O–H groups in total. The van der Waals surface area contributed by atoms with Crippen molar-refractivity contribution in [2.24, 2.45) is 0 Å². The third kappa shape index (κ3) is 3.62. The van der Waals surface area contributed by atoms with Crippen LogP contribution in [-0.2, 0) is 5.41 Å². The van der Waals surface area contributed by atoms with Gasteiger partial charge in [0.1, 0.15) is 0 Å². The van der Waals surface area contributed by atoms with Crippen molar-refractivity contribution >= 4 is 26.5 Å². The van der Waals surface area contributed by atoms with Crippen LogP contribution in [0.15, 0.2) is 12.1 Å². The van der Waals surface area contributed by atoms with Crippen LogP contribution in [0.1, 0.15) is 31.9 Å². The lowest BCUT2D eigenvalue weighted by Crippen LogP contribution is -2.49. The molecule has 0 spiro atoms. The van der Waals surface area contributed by atoms with Gasteiger partial charge in [-0.2, -0.15) is 5.26 Å². The van der Waals surface area contributed by atoms with E-state index >= 15 is 0 Å². The van der Waals surface area contributed by atoms with E-state index in [-0.39, 0.29) is 5.41 Å². The normalized spacial score (nSPS) is 13.2. The summed E-state index contributed by atoms with van der Waals surface area (Å²) < 4.78 is 0. The summed E-state index contributed by atoms with van der Waals surface area (Å²) >= 11 is 0. The van der Waals surface area contributed by atoms with E-state index in [1.54, 1.807) is 0 Å². The van der Waals surface area contributed by atoms with E-state index in [0.717, 1.165) is 5.56 Å². The summed E-state index contributed by atoms with van der Waals surface area (Å²) in [5.74, 6) is 0. The Morgan fingerprint density at radius 2 is 1.20 bits per heavy atom. The maximum atomic E-state index is 9.71. The topological polar surface area (TPSA) is 23.8 Å². The minimum atomic E-state index is -1.52. The minimum absolute atomic E-state index is 0.136. The van der Waals surface area contributed by atoms with E-state index in [1.807, 2.05) is 0 Å². The molecule has 1 aromatic carbocycles. The van der Waals surface area contributed by atoms with Gasteiger partial charge >= 0.3 is 0 Å². The summed E-state index contributed by atoms with van der Waals surface area (Å²) in [6.45, 7) is 20.8. The van der Waals surface area contributed by atoms with Crippen molar-refractivity contribution in [3.8, 4) is 6.07 Å². The molecule has 0 heterocycles. The second-order valence-electron chi connectivity index (χ2n) is 8.81. The van der Waals surface area contributed by atoms with Crippen molar-refractivity contribution in [1.82, 2.24) is 0 Å². The Balaban J connectivity index is 3.81. The fraction of sp³-hybridized carbons (Fsp3) is 0.588. The van der Waals surface area contributed by atoms with Crippen molar-refractivity contribution in [2.75, 3.05) is 0 Å². The highest BCUT2D eigenvalue weighted by Crippen LogP contribution is 2.23. The van der Waals surface area contributed by atoms with Gasteiger partial charge in [0, 0.05) is 0 Å². The first-order chi connectivity index (χ1) is 8.78. The first-order valence-corrected chi connectivity index (χ1v) is 14.4. The molecular formula is C17H29NSi2. The van der Waals surface area contributed by atoms with Crippen molar-refractivity contribution in [2.45, 2.75) is 65.5 Å². The highest BCUT2D eigenvalue weighted by Gasteiger charge is 2.30. The van der Waals surface area contributed by atoms with Gasteiger partial charge in [0.25, 0.3) is 0 Å². The number of nitrogens with zero attached hydrogens (tertiary/aromatic N) is 1. The maximum absolute atomic E-state index is 9.71. The van der Waals surface area contributed by atoms with Gasteiger partial charge in [-0.25, -0.2) is 0 Å². The van der Waals surface area contributed by atoms with Crippen molar-refractivity contribution in [3.05, 3.63) is 23.3 Å². The van der Waals surface area contributed by atoms with E-state index in [1.165, 1.54) is 15.9 Å². The summed E-state index contributed by atoms with van der Waals surface area (Å²) in [7, 11) is -3.04. The first kappa shape index (κ1) is 17.2. The van der Waals surface area contributed by atoms with Gasteiger partial charge in [0.05, 0.1) is 27.8 Å². The SMILES string of the molecule is CC(C)(C)c1cc([Si](C)(C)C)c(C#N)c([Si](C)(C)C)c1. The van der Waals surface area contributed by atoms with E-state index in [9.17, 15) is 5.26 Å². The van der Waals surface area contributed by atoms with Gasteiger partial charge in [-0.05, 0) is 21.4 Å². The Morgan fingerprint density at radius 1 is 0.850 bits per heavy atom. The molecule has 0 saturated carbocycles. The van der Waals surface area contributed by atoms with Gasteiger partial charge in [-0.3, -0.25) is 0 Å². The van der Waals surface area contributed by atoms with Crippen molar-refractivity contribution in [1.29, 1.82) is 5.26 Å². The molecule has 3 heteroatoms. The summed E-state index contributed by atoms with van der Waals surface area (Å²) in [6, 6.07) is 7.15. The molecule has 110 valence electrons. The van der Waals surface area contributed by atoms with Crippen LogP contribution in [0, 0.1) is 11.3 Å². The van der Waals surface area contributed by atoms with Crippen molar-refractivity contribution in [3.63, 3.8) is 0 Å². The molecule has 20 heavy (non-hydrogen) atoms. The average Bonchev–Trinajstić information content (AvgIpc) is 2.23. The fourth-order valence-corrected chi connectivity index (χ4v) is 5.56. The Morgan fingerprint density at radius 3 is 1.40 bits per heavy atom. The van der Waals surface area contributed by atoms with Crippen LogP contribution in [0.3, 0.4) is 0 Å². The summed E-state index contributed by atoms with van der Waals surface area (Å²) in [4.78, 5) is 0. The van der Waals surface area contributed by atoms with E-state index in [2.05, 4.69) is 78.3 Å². The third-order valence-corrected chi connectivity index (χ3v) is 7.75. The Kier molecular flexibility index (Phi) is 4.44. The highest BCUT2D eigenvalue weighted by atomic mass is 28.3. The van der Waals surface area contributed by atoms with E-state index < -0.39 is 16.1 Å². The number of rotatable bonds is 2. The summed E-state index contributed by atoms with van der Waals surface area (Å²) in [5, 5.41) is 12.4. The standard InChI is InChI=1S/C17H29NSi2/c1-17(2,3)13-10-15(19(4,5)6)14(12-18)16(11-13)20(7,8)9/h10-11H,1-9H3. The lowest BCUT2D eigenvalue weighted by molar-refractivity contribution is 0.591. The molecule has 0 aliphatic rings. The van der Waals surface area contributed by atoms with Crippen LogP contribution in [-0.4, -0.2) is 16.1 Å². The van der Waals surface area contributed by atoms with Gasteiger partial charge in [-0.15, -0.1) is 0 Å². The molecule has 0 amide bonds. The Bertz CT molecular complexity index is 511. The van der Waals surface area contributed by atoms with Crippen molar-refractivity contribution < 1.29 is 0 Å². The molecule has 0 bridgehead atoms. The van der Waals surface area contributed by atoms with Crippen LogP contribution in [0.4, 0.5) is 0 Å². The highest BCUT2D eigenvalue weighted by molar-refractivity contribution is 6.92. The smallest absolute Gasteiger partial charge is 0.0989 e. The van der Waals surface area contributed by atoms with Gasteiger partial charge in [0.15, 0.2) is 0 Å².